The van der Waals surface area contributed by atoms with Crippen LogP contribution in [0.1, 0.15) is 27.7 Å². The Morgan fingerprint density at radius 1 is 0.955 bits per heavy atom. The van der Waals surface area contributed by atoms with E-state index < -0.39 is 46.1 Å². The Kier molecular flexibility index (Phi) is 4.56. The summed E-state index contributed by atoms with van der Waals surface area (Å²) in [4.78, 5) is 12.1. The van der Waals surface area contributed by atoms with E-state index in [4.69, 9.17) is 0 Å². The standard InChI is InChI=1S/C14H15F6NO/c1-12(2,13(3,4)14(18,19)20)11(22)21-7-5-8(15)10(17)9(16)6-7/h5-6H,1-4H3,(H,21,22). The summed E-state index contributed by atoms with van der Waals surface area (Å²) in [6.07, 6.45) is -4.67. The van der Waals surface area contributed by atoms with Gasteiger partial charge < -0.3 is 5.32 Å². The van der Waals surface area contributed by atoms with Crippen LogP contribution in [-0.4, -0.2) is 12.1 Å². The van der Waals surface area contributed by atoms with Gasteiger partial charge in [-0.1, -0.05) is 27.7 Å². The molecule has 0 heterocycles. The van der Waals surface area contributed by atoms with Gasteiger partial charge in [0.05, 0.1) is 10.8 Å². The molecule has 124 valence electrons. The van der Waals surface area contributed by atoms with Crippen molar-refractivity contribution in [3.8, 4) is 0 Å². The zero-order valence-electron chi connectivity index (χ0n) is 12.3. The van der Waals surface area contributed by atoms with Crippen molar-refractivity contribution in [1.29, 1.82) is 0 Å². The van der Waals surface area contributed by atoms with Crippen LogP contribution >= 0.6 is 0 Å². The van der Waals surface area contributed by atoms with E-state index in [0.29, 0.717) is 12.1 Å². The van der Waals surface area contributed by atoms with Crippen LogP contribution in [0.3, 0.4) is 0 Å². The van der Waals surface area contributed by atoms with Crippen molar-refractivity contribution in [2.45, 2.75) is 33.9 Å². The molecule has 0 saturated heterocycles. The second-order valence-corrected chi connectivity index (χ2v) is 5.96. The average Bonchev–Trinajstić information content (AvgIpc) is 2.34. The van der Waals surface area contributed by atoms with E-state index in [1.165, 1.54) is 0 Å². The fourth-order valence-electron chi connectivity index (χ4n) is 1.55. The van der Waals surface area contributed by atoms with Crippen LogP contribution in [0, 0.1) is 28.3 Å². The van der Waals surface area contributed by atoms with Gasteiger partial charge in [-0.2, -0.15) is 13.2 Å². The van der Waals surface area contributed by atoms with Crippen molar-refractivity contribution in [3.05, 3.63) is 29.6 Å². The first-order valence-corrected chi connectivity index (χ1v) is 6.24. The number of nitrogens with one attached hydrogen (secondary N) is 1. The molecular formula is C14H15F6NO. The first-order valence-electron chi connectivity index (χ1n) is 6.24. The van der Waals surface area contributed by atoms with Gasteiger partial charge in [0.1, 0.15) is 0 Å². The van der Waals surface area contributed by atoms with Gasteiger partial charge in [-0.3, -0.25) is 4.79 Å². The first-order chi connectivity index (χ1) is 9.71. The van der Waals surface area contributed by atoms with Crippen molar-refractivity contribution in [3.63, 3.8) is 0 Å². The van der Waals surface area contributed by atoms with Gasteiger partial charge in [-0.15, -0.1) is 0 Å². The molecule has 8 heteroatoms. The molecule has 2 nitrogen and oxygen atoms in total. The maximum Gasteiger partial charge on any atom is 0.394 e. The zero-order chi connectivity index (χ0) is 17.5. The highest BCUT2D eigenvalue weighted by molar-refractivity contribution is 5.95. The van der Waals surface area contributed by atoms with E-state index in [9.17, 15) is 31.1 Å². The predicted molar refractivity (Wildman–Crippen MR) is 68.6 cm³/mol. The minimum atomic E-state index is -4.67. The number of alkyl halides is 3. The van der Waals surface area contributed by atoms with Gasteiger partial charge in [-0.25, -0.2) is 13.2 Å². The maximum absolute atomic E-state index is 13.1. The number of amides is 1. The van der Waals surface area contributed by atoms with E-state index in [2.05, 4.69) is 0 Å². The number of carbonyl (C=O) groups is 1. The van der Waals surface area contributed by atoms with Gasteiger partial charge in [0.15, 0.2) is 17.5 Å². The Morgan fingerprint density at radius 2 is 1.36 bits per heavy atom. The molecule has 0 aliphatic rings. The number of halogens is 6. The van der Waals surface area contributed by atoms with Crippen LogP contribution in [0.5, 0.6) is 0 Å². The van der Waals surface area contributed by atoms with E-state index in [-0.39, 0.29) is 0 Å². The molecule has 22 heavy (non-hydrogen) atoms. The molecule has 0 spiro atoms. The summed E-state index contributed by atoms with van der Waals surface area (Å²) in [5.41, 5.74) is -4.80. The van der Waals surface area contributed by atoms with Crippen molar-refractivity contribution >= 4 is 11.6 Å². The molecule has 0 atom stereocenters. The molecule has 0 radical (unpaired) electrons. The average molecular weight is 327 g/mol. The molecule has 0 aliphatic carbocycles. The Bertz CT molecular complexity index is 568. The Morgan fingerprint density at radius 3 is 1.73 bits per heavy atom. The Hall–Kier alpha value is -1.73. The number of carbonyl (C=O) groups excluding carboxylic acids is 1. The third kappa shape index (κ3) is 3.05. The molecule has 1 N–H and O–H groups in total. The summed E-state index contributed by atoms with van der Waals surface area (Å²) >= 11 is 0. The summed E-state index contributed by atoms with van der Waals surface area (Å²) in [5.74, 6) is -5.93. The number of anilines is 1. The maximum atomic E-state index is 13.1. The van der Waals surface area contributed by atoms with Crippen molar-refractivity contribution in [1.82, 2.24) is 0 Å². The minimum Gasteiger partial charge on any atom is -0.325 e. The summed E-state index contributed by atoms with van der Waals surface area (Å²) < 4.78 is 78.1. The zero-order valence-corrected chi connectivity index (χ0v) is 12.3. The van der Waals surface area contributed by atoms with E-state index in [1.807, 2.05) is 5.32 Å². The van der Waals surface area contributed by atoms with Gasteiger partial charge in [0.2, 0.25) is 5.91 Å². The summed E-state index contributed by atoms with van der Waals surface area (Å²) in [5, 5.41) is 1.98. The lowest BCUT2D eigenvalue weighted by Crippen LogP contribution is -2.51. The quantitative estimate of drug-likeness (QED) is 0.635. The Balaban J connectivity index is 3.12. The fraction of sp³-hybridized carbons (Fsp3) is 0.500. The molecule has 0 saturated carbocycles. The molecule has 1 rings (SSSR count). The molecule has 1 aromatic carbocycles. The topological polar surface area (TPSA) is 29.1 Å². The van der Waals surface area contributed by atoms with Crippen LogP contribution in [0.25, 0.3) is 0 Å². The minimum absolute atomic E-state index is 0.465. The number of hydrogen-bond acceptors (Lipinski definition) is 1. The molecule has 0 fully saturated rings. The van der Waals surface area contributed by atoms with Crippen LogP contribution < -0.4 is 5.32 Å². The van der Waals surface area contributed by atoms with E-state index >= 15 is 0 Å². The molecule has 0 aliphatic heterocycles. The second kappa shape index (κ2) is 5.48. The van der Waals surface area contributed by atoms with Crippen molar-refractivity contribution in [2.75, 3.05) is 5.32 Å². The number of hydrogen-bond donors (Lipinski definition) is 1. The molecular weight excluding hydrogens is 312 g/mol. The largest absolute Gasteiger partial charge is 0.394 e. The van der Waals surface area contributed by atoms with E-state index in [0.717, 1.165) is 27.7 Å². The molecule has 0 aromatic heterocycles. The second-order valence-electron chi connectivity index (χ2n) is 5.96. The van der Waals surface area contributed by atoms with Crippen LogP contribution in [-0.2, 0) is 4.79 Å². The highest BCUT2D eigenvalue weighted by Crippen LogP contribution is 2.50. The van der Waals surface area contributed by atoms with Gasteiger partial charge in [0.25, 0.3) is 0 Å². The lowest BCUT2D eigenvalue weighted by Gasteiger charge is -2.41. The smallest absolute Gasteiger partial charge is 0.325 e. The van der Waals surface area contributed by atoms with E-state index in [1.54, 1.807) is 0 Å². The van der Waals surface area contributed by atoms with Gasteiger partial charge in [0, 0.05) is 17.8 Å². The van der Waals surface area contributed by atoms with Crippen LogP contribution in [0.15, 0.2) is 12.1 Å². The third-order valence-corrected chi connectivity index (χ3v) is 4.08. The Labute approximate surface area is 123 Å². The lowest BCUT2D eigenvalue weighted by molar-refractivity contribution is -0.242. The van der Waals surface area contributed by atoms with Crippen molar-refractivity contribution in [2.24, 2.45) is 10.8 Å². The highest BCUT2D eigenvalue weighted by Gasteiger charge is 2.59. The molecule has 1 amide bonds. The van der Waals surface area contributed by atoms with Crippen LogP contribution in [0.4, 0.5) is 32.0 Å². The molecule has 0 unspecified atom stereocenters. The number of benzene rings is 1. The fourth-order valence-corrected chi connectivity index (χ4v) is 1.55. The normalized spacial score (nSPS) is 13.2. The van der Waals surface area contributed by atoms with Crippen molar-refractivity contribution < 1.29 is 31.1 Å². The monoisotopic (exact) mass is 327 g/mol. The molecule has 1 aromatic rings. The number of rotatable bonds is 3. The first kappa shape index (κ1) is 18.3. The highest BCUT2D eigenvalue weighted by atomic mass is 19.4. The predicted octanol–water partition coefficient (Wildman–Crippen LogP) is 4.66. The third-order valence-electron chi connectivity index (χ3n) is 4.08. The van der Waals surface area contributed by atoms with Gasteiger partial charge >= 0.3 is 6.18 Å². The molecule has 0 bridgehead atoms. The summed E-state index contributed by atoms with van der Waals surface area (Å²) in [7, 11) is 0. The lowest BCUT2D eigenvalue weighted by atomic mass is 9.66. The summed E-state index contributed by atoms with van der Waals surface area (Å²) in [6.45, 7) is 3.81. The van der Waals surface area contributed by atoms with Crippen LogP contribution in [0.2, 0.25) is 0 Å². The summed E-state index contributed by atoms with van der Waals surface area (Å²) in [6, 6.07) is 0.986. The SMILES string of the molecule is CC(C)(C(=O)Nc1cc(F)c(F)c(F)c1)C(C)(C)C(F)(F)F. The van der Waals surface area contributed by atoms with Gasteiger partial charge in [-0.05, 0) is 0 Å².